The molecule has 1 aromatic rings. The second kappa shape index (κ2) is 9.64. The third kappa shape index (κ3) is 4.35. The van der Waals surface area contributed by atoms with E-state index >= 15 is 0 Å². The zero-order chi connectivity index (χ0) is 24.6. The van der Waals surface area contributed by atoms with Gasteiger partial charge in [-0.3, -0.25) is 9.59 Å². The maximum absolute atomic E-state index is 13.2. The fourth-order valence-corrected chi connectivity index (χ4v) is 4.81. The number of likely N-dealkylation sites (tertiary alicyclic amines) is 1. The number of benzene rings is 1. The van der Waals surface area contributed by atoms with Crippen LogP contribution in [0.1, 0.15) is 24.5 Å². The van der Waals surface area contributed by atoms with Crippen LogP contribution >= 0.6 is 0 Å². The van der Waals surface area contributed by atoms with E-state index in [1.54, 1.807) is 37.3 Å². The van der Waals surface area contributed by atoms with Crippen molar-refractivity contribution in [1.82, 2.24) is 9.80 Å². The van der Waals surface area contributed by atoms with Gasteiger partial charge in [0.1, 0.15) is 29.5 Å². The zero-order valence-corrected chi connectivity index (χ0v) is 20.3. The molecule has 0 aromatic heterocycles. The van der Waals surface area contributed by atoms with Gasteiger partial charge in [-0.2, -0.15) is 0 Å². The largest absolute Gasteiger partial charge is 0.507 e. The minimum atomic E-state index is -0.685. The molecule has 3 aliphatic rings. The summed E-state index contributed by atoms with van der Waals surface area (Å²) >= 11 is 0. The lowest BCUT2D eigenvalue weighted by Gasteiger charge is -2.31. The van der Waals surface area contributed by atoms with Gasteiger partial charge in [0.25, 0.3) is 11.7 Å². The minimum Gasteiger partial charge on any atom is -0.507 e. The van der Waals surface area contributed by atoms with Gasteiger partial charge in [0.05, 0.1) is 18.7 Å². The lowest BCUT2D eigenvalue weighted by molar-refractivity contribution is -0.139. The first-order valence-electron chi connectivity index (χ1n) is 11.5. The Morgan fingerprint density at radius 1 is 1.21 bits per heavy atom. The number of carbonyl (C=O) groups is 2. The number of hydrogen-bond donors (Lipinski definition) is 1. The van der Waals surface area contributed by atoms with Crippen molar-refractivity contribution in [1.29, 1.82) is 0 Å². The fourth-order valence-electron chi connectivity index (χ4n) is 4.81. The van der Waals surface area contributed by atoms with Crippen LogP contribution in [0.25, 0.3) is 5.76 Å². The molecular weight excluding hydrogens is 436 g/mol. The highest BCUT2D eigenvalue weighted by atomic mass is 16.5. The molecule has 0 saturated carbocycles. The van der Waals surface area contributed by atoms with E-state index in [-0.39, 0.29) is 23.5 Å². The normalized spacial score (nSPS) is 25.8. The first kappa shape index (κ1) is 24.0. The molecule has 0 spiro atoms. The van der Waals surface area contributed by atoms with Crippen molar-refractivity contribution in [3.05, 3.63) is 58.4 Å². The van der Waals surface area contributed by atoms with Crippen LogP contribution in [0.5, 0.6) is 5.75 Å². The summed E-state index contributed by atoms with van der Waals surface area (Å²) in [6.45, 7) is 2.92. The molecule has 1 fully saturated rings. The molecule has 1 N–H and O–H groups in total. The van der Waals surface area contributed by atoms with E-state index in [9.17, 15) is 14.7 Å². The van der Waals surface area contributed by atoms with Crippen molar-refractivity contribution in [2.75, 3.05) is 41.4 Å². The molecule has 34 heavy (non-hydrogen) atoms. The maximum atomic E-state index is 13.2. The third-order valence-corrected chi connectivity index (χ3v) is 6.57. The second-order valence-electron chi connectivity index (χ2n) is 9.19. The number of rotatable bonds is 7. The highest BCUT2D eigenvalue weighted by Gasteiger charge is 2.47. The van der Waals surface area contributed by atoms with Gasteiger partial charge >= 0.3 is 0 Å². The van der Waals surface area contributed by atoms with Gasteiger partial charge in [0.15, 0.2) is 0 Å². The summed E-state index contributed by atoms with van der Waals surface area (Å²) in [7, 11) is 7.00. The molecule has 0 radical (unpaired) electrons. The molecule has 4 rings (SSSR count). The summed E-state index contributed by atoms with van der Waals surface area (Å²) in [6.07, 6.45) is 4.54. The van der Waals surface area contributed by atoms with E-state index in [1.165, 1.54) is 0 Å². The van der Waals surface area contributed by atoms with Crippen LogP contribution in [-0.4, -0.2) is 86.3 Å². The molecule has 1 aromatic carbocycles. The van der Waals surface area contributed by atoms with Gasteiger partial charge in [-0.15, -0.1) is 0 Å². The number of fused-ring (bicyclic) bond motifs is 1. The second-order valence-corrected chi connectivity index (χ2v) is 9.19. The maximum Gasteiger partial charge on any atom is 0.295 e. The van der Waals surface area contributed by atoms with Crippen LogP contribution < -0.4 is 4.74 Å². The Bertz CT molecular complexity index is 1090. The molecule has 1 amide bonds. The molecule has 8 nitrogen and oxygen atoms in total. The predicted molar refractivity (Wildman–Crippen MR) is 127 cm³/mol. The van der Waals surface area contributed by atoms with E-state index in [1.807, 2.05) is 38.1 Å². The molecular formula is C26H32N2O6. The van der Waals surface area contributed by atoms with Crippen molar-refractivity contribution in [2.45, 2.75) is 38.0 Å². The smallest absolute Gasteiger partial charge is 0.295 e. The standard InChI is InChI=1S/C26H32N2O6/c1-15-12-18-13-17(7-8-19(18)34-15)24(29)22-23(16-6-9-20(32-4)21(14-16)33-5)28(11-10-27(2)3)26(31)25(22)30/h6-9,13,15,21,23,29H,10-12,14H2,1-5H3. The molecule has 1 aliphatic carbocycles. The summed E-state index contributed by atoms with van der Waals surface area (Å²) in [6, 6.07) is 4.69. The van der Waals surface area contributed by atoms with Crippen molar-refractivity contribution < 1.29 is 28.9 Å². The Kier molecular flexibility index (Phi) is 6.81. The van der Waals surface area contributed by atoms with Crippen molar-refractivity contribution >= 4 is 17.4 Å². The number of amides is 1. The summed E-state index contributed by atoms with van der Waals surface area (Å²) in [4.78, 5) is 29.9. The van der Waals surface area contributed by atoms with Crippen molar-refractivity contribution in [3.63, 3.8) is 0 Å². The average molecular weight is 469 g/mol. The van der Waals surface area contributed by atoms with Crippen molar-refractivity contribution in [3.8, 4) is 5.75 Å². The van der Waals surface area contributed by atoms with Gasteiger partial charge in [0.2, 0.25) is 0 Å². The van der Waals surface area contributed by atoms with E-state index in [2.05, 4.69) is 0 Å². The Hall–Kier alpha value is -3.10. The van der Waals surface area contributed by atoms with Crippen LogP contribution in [0.2, 0.25) is 0 Å². The molecule has 0 bridgehead atoms. The lowest BCUT2D eigenvalue weighted by atomic mass is 9.88. The van der Waals surface area contributed by atoms with Gasteiger partial charge in [0, 0.05) is 38.6 Å². The fraction of sp³-hybridized carbons (Fsp3) is 0.462. The average Bonchev–Trinajstić information content (AvgIpc) is 3.32. The summed E-state index contributed by atoms with van der Waals surface area (Å²) in [5, 5.41) is 11.4. The predicted octanol–water partition coefficient (Wildman–Crippen LogP) is 2.50. The molecule has 3 unspecified atom stereocenters. The summed E-state index contributed by atoms with van der Waals surface area (Å²) in [5.41, 5.74) is 2.38. The number of hydrogen-bond acceptors (Lipinski definition) is 7. The molecule has 182 valence electrons. The van der Waals surface area contributed by atoms with Crippen LogP contribution in [-0.2, 0) is 25.5 Å². The number of ether oxygens (including phenoxy) is 3. The van der Waals surface area contributed by atoms with E-state index < -0.39 is 17.7 Å². The van der Waals surface area contributed by atoms with E-state index in [4.69, 9.17) is 14.2 Å². The van der Waals surface area contributed by atoms with Gasteiger partial charge in [-0.25, -0.2) is 0 Å². The highest BCUT2D eigenvalue weighted by molar-refractivity contribution is 6.47. The number of aliphatic hydroxyl groups excluding tert-OH is 1. The van der Waals surface area contributed by atoms with Gasteiger partial charge in [-0.05, 0) is 56.4 Å². The lowest BCUT2D eigenvalue weighted by Crippen LogP contribution is -2.41. The number of allylic oxidation sites excluding steroid dienone is 2. The van der Waals surface area contributed by atoms with E-state index in [0.717, 1.165) is 23.3 Å². The van der Waals surface area contributed by atoms with Gasteiger partial charge in [-0.1, -0.05) is 6.08 Å². The monoisotopic (exact) mass is 468 g/mol. The Morgan fingerprint density at radius 3 is 2.65 bits per heavy atom. The first-order chi connectivity index (χ1) is 16.2. The number of nitrogens with zero attached hydrogens (tertiary/aromatic N) is 2. The van der Waals surface area contributed by atoms with Crippen LogP contribution in [0, 0.1) is 0 Å². The van der Waals surface area contributed by atoms with E-state index in [0.29, 0.717) is 30.8 Å². The quantitative estimate of drug-likeness (QED) is 0.374. The number of Topliss-reactive ketones (excluding diaryl/α,β-unsaturated/α-hetero) is 1. The Balaban J connectivity index is 1.80. The van der Waals surface area contributed by atoms with Crippen LogP contribution in [0.3, 0.4) is 0 Å². The molecule has 2 heterocycles. The molecule has 1 saturated heterocycles. The van der Waals surface area contributed by atoms with Gasteiger partial charge < -0.3 is 29.1 Å². The number of aliphatic hydroxyl groups is 1. The minimum absolute atomic E-state index is 0.0594. The van der Waals surface area contributed by atoms with Crippen LogP contribution in [0.4, 0.5) is 0 Å². The SMILES string of the molecule is COC1=CC=C(C2C(=C(O)c3ccc4c(c3)CC(C)O4)C(=O)C(=O)N2CCN(C)C)CC1OC. The number of methoxy groups -OCH3 is 2. The highest BCUT2D eigenvalue weighted by Crippen LogP contribution is 2.38. The summed E-state index contributed by atoms with van der Waals surface area (Å²) < 4.78 is 16.8. The zero-order valence-electron chi connectivity index (χ0n) is 20.3. The topological polar surface area (TPSA) is 88.5 Å². The first-order valence-corrected chi connectivity index (χ1v) is 11.5. The Morgan fingerprint density at radius 2 is 1.97 bits per heavy atom. The molecule has 8 heteroatoms. The molecule has 2 aliphatic heterocycles. The van der Waals surface area contributed by atoms with Crippen LogP contribution in [0.15, 0.2) is 47.3 Å². The summed E-state index contributed by atoms with van der Waals surface area (Å²) in [5.74, 6) is -0.00785. The number of likely N-dealkylation sites (N-methyl/N-ethyl adjacent to an activating group) is 1. The number of ketones is 1. The van der Waals surface area contributed by atoms with Crippen molar-refractivity contribution in [2.24, 2.45) is 0 Å². The Labute approximate surface area is 200 Å². The third-order valence-electron chi connectivity index (χ3n) is 6.57. The number of carbonyl (C=O) groups excluding carboxylic acids is 2. The molecule has 3 atom stereocenters.